The molecule has 3 nitrogen and oxygen atoms in total. The lowest BCUT2D eigenvalue weighted by Crippen LogP contribution is -2.07. The predicted molar refractivity (Wildman–Crippen MR) is 59.4 cm³/mol. The van der Waals surface area contributed by atoms with Gasteiger partial charge in [-0.2, -0.15) is 0 Å². The molecule has 1 aliphatic rings. The Kier molecular flexibility index (Phi) is 2.82. The van der Waals surface area contributed by atoms with E-state index in [0.717, 1.165) is 35.7 Å². The second-order valence-corrected chi connectivity index (χ2v) is 3.99. The number of aryl methyl sites for hydroxylation is 1. The molecule has 0 bridgehead atoms. The second kappa shape index (κ2) is 4.11. The van der Waals surface area contributed by atoms with Gasteiger partial charge in [-0.15, -0.1) is 0 Å². The molecule has 0 saturated carbocycles. The van der Waals surface area contributed by atoms with Crippen LogP contribution in [0.3, 0.4) is 0 Å². The van der Waals surface area contributed by atoms with E-state index in [9.17, 15) is 0 Å². The molecule has 0 aliphatic carbocycles. The van der Waals surface area contributed by atoms with Crippen molar-refractivity contribution in [1.29, 1.82) is 0 Å². The lowest BCUT2D eigenvalue weighted by Gasteiger charge is -2.14. The van der Waals surface area contributed by atoms with Gasteiger partial charge in [-0.1, -0.05) is 0 Å². The summed E-state index contributed by atoms with van der Waals surface area (Å²) in [5.74, 6) is 1.67. The van der Waals surface area contributed by atoms with Gasteiger partial charge in [0.2, 0.25) is 0 Å². The third-order valence-corrected chi connectivity index (χ3v) is 2.63. The summed E-state index contributed by atoms with van der Waals surface area (Å²) in [6, 6.07) is 4.04. The molecule has 0 aromatic heterocycles. The molecule has 1 atom stereocenters. The van der Waals surface area contributed by atoms with E-state index < -0.39 is 0 Å². The Labute approximate surface area is 90.2 Å². The summed E-state index contributed by atoms with van der Waals surface area (Å²) in [5.41, 5.74) is 8.18. The quantitative estimate of drug-likeness (QED) is 0.767. The zero-order valence-electron chi connectivity index (χ0n) is 9.25. The van der Waals surface area contributed by atoms with Crippen molar-refractivity contribution >= 4 is 0 Å². The van der Waals surface area contributed by atoms with Crippen molar-refractivity contribution in [3.8, 4) is 11.5 Å². The Balaban J connectivity index is 2.42. The highest BCUT2D eigenvalue weighted by atomic mass is 16.5. The van der Waals surface area contributed by atoms with Crippen LogP contribution >= 0.6 is 0 Å². The lowest BCUT2D eigenvalue weighted by atomic mass is 10.0. The highest BCUT2D eigenvalue weighted by Gasteiger charge is 2.14. The number of rotatable bonds is 1. The van der Waals surface area contributed by atoms with E-state index in [4.69, 9.17) is 15.2 Å². The first-order valence-electron chi connectivity index (χ1n) is 5.34. The molecular formula is C12H17NO2. The van der Waals surface area contributed by atoms with Crippen LogP contribution in [0.1, 0.15) is 30.5 Å². The number of hydrogen-bond donors (Lipinski definition) is 1. The van der Waals surface area contributed by atoms with Crippen molar-refractivity contribution in [2.24, 2.45) is 5.73 Å². The molecule has 1 heterocycles. The molecule has 0 spiro atoms. The lowest BCUT2D eigenvalue weighted by molar-refractivity contribution is 0.297. The minimum absolute atomic E-state index is 0.0298. The van der Waals surface area contributed by atoms with Crippen molar-refractivity contribution in [3.63, 3.8) is 0 Å². The Bertz CT molecular complexity index is 361. The Morgan fingerprint density at radius 2 is 1.80 bits per heavy atom. The normalized spacial score (nSPS) is 17.0. The smallest absolute Gasteiger partial charge is 0.161 e. The molecule has 0 amide bonds. The average Bonchev–Trinajstić information content (AvgIpc) is 2.40. The first kappa shape index (κ1) is 10.3. The fourth-order valence-corrected chi connectivity index (χ4v) is 1.82. The van der Waals surface area contributed by atoms with E-state index in [1.807, 2.05) is 26.0 Å². The highest BCUT2D eigenvalue weighted by Crippen LogP contribution is 2.34. The van der Waals surface area contributed by atoms with Crippen LogP contribution in [-0.2, 0) is 0 Å². The van der Waals surface area contributed by atoms with Crippen LogP contribution in [0.5, 0.6) is 11.5 Å². The largest absolute Gasteiger partial charge is 0.490 e. The number of nitrogens with two attached hydrogens (primary N) is 1. The molecule has 1 aromatic rings. The van der Waals surface area contributed by atoms with Gasteiger partial charge in [0.1, 0.15) is 0 Å². The van der Waals surface area contributed by atoms with E-state index in [0.29, 0.717) is 6.61 Å². The third kappa shape index (κ3) is 2.07. The van der Waals surface area contributed by atoms with Gasteiger partial charge in [-0.05, 0) is 37.1 Å². The van der Waals surface area contributed by atoms with E-state index in [1.54, 1.807) is 0 Å². The molecule has 0 radical (unpaired) electrons. The molecule has 2 N–H and O–H groups in total. The summed E-state index contributed by atoms with van der Waals surface area (Å²) in [7, 11) is 0. The van der Waals surface area contributed by atoms with Gasteiger partial charge < -0.3 is 15.2 Å². The molecule has 0 saturated heterocycles. The van der Waals surface area contributed by atoms with Crippen molar-refractivity contribution in [1.82, 2.24) is 0 Å². The molecule has 1 aromatic carbocycles. The second-order valence-electron chi connectivity index (χ2n) is 3.99. The van der Waals surface area contributed by atoms with E-state index in [-0.39, 0.29) is 6.04 Å². The fourth-order valence-electron chi connectivity index (χ4n) is 1.82. The maximum absolute atomic E-state index is 5.89. The summed E-state index contributed by atoms with van der Waals surface area (Å²) in [6.45, 7) is 5.47. The van der Waals surface area contributed by atoms with Gasteiger partial charge in [-0.25, -0.2) is 0 Å². The van der Waals surface area contributed by atoms with Gasteiger partial charge in [0.05, 0.1) is 13.2 Å². The summed E-state index contributed by atoms with van der Waals surface area (Å²) in [4.78, 5) is 0. The maximum Gasteiger partial charge on any atom is 0.161 e. The van der Waals surface area contributed by atoms with Crippen LogP contribution in [0.25, 0.3) is 0 Å². The number of benzene rings is 1. The summed E-state index contributed by atoms with van der Waals surface area (Å²) in [5, 5.41) is 0. The minimum atomic E-state index is 0.0298. The van der Waals surface area contributed by atoms with Crippen molar-refractivity contribution in [2.45, 2.75) is 26.3 Å². The molecule has 2 rings (SSSR count). The fraction of sp³-hybridized carbons (Fsp3) is 0.500. The van der Waals surface area contributed by atoms with E-state index in [2.05, 4.69) is 0 Å². The average molecular weight is 207 g/mol. The van der Waals surface area contributed by atoms with Crippen LogP contribution in [0.2, 0.25) is 0 Å². The van der Waals surface area contributed by atoms with Gasteiger partial charge in [0.25, 0.3) is 0 Å². The van der Waals surface area contributed by atoms with Crippen LogP contribution in [0, 0.1) is 6.92 Å². The monoisotopic (exact) mass is 207 g/mol. The van der Waals surface area contributed by atoms with Crippen molar-refractivity contribution < 1.29 is 9.47 Å². The zero-order chi connectivity index (χ0) is 10.8. The van der Waals surface area contributed by atoms with E-state index in [1.165, 1.54) is 0 Å². The highest BCUT2D eigenvalue weighted by molar-refractivity contribution is 5.48. The van der Waals surface area contributed by atoms with Crippen LogP contribution < -0.4 is 15.2 Å². The van der Waals surface area contributed by atoms with Crippen molar-refractivity contribution in [3.05, 3.63) is 23.3 Å². The van der Waals surface area contributed by atoms with E-state index >= 15 is 0 Å². The van der Waals surface area contributed by atoms with Crippen LogP contribution in [0.15, 0.2) is 12.1 Å². The topological polar surface area (TPSA) is 44.5 Å². The standard InChI is InChI=1S/C12H17NO2/c1-8-6-11-12(7-10(8)9(2)13)15-5-3-4-14-11/h6-7,9H,3-5,13H2,1-2H3. The Morgan fingerprint density at radius 1 is 1.20 bits per heavy atom. The number of fused-ring (bicyclic) bond motifs is 1. The van der Waals surface area contributed by atoms with Crippen LogP contribution in [0.4, 0.5) is 0 Å². The van der Waals surface area contributed by atoms with Crippen LogP contribution in [-0.4, -0.2) is 13.2 Å². The van der Waals surface area contributed by atoms with Crippen molar-refractivity contribution in [2.75, 3.05) is 13.2 Å². The van der Waals surface area contributed by atoms with Gasteiger partial charge in [0.15, 0.2) is 11.5 Å². The molecule has 1 aliphatic heterocycles. The molecule has 15 heavy (non-hydrogen) atoms. The number of ether oxygens (including phenoxy) is 2. The van der Waals surface area contributed by atoms with Gasteiger partial charge in [0, 0.05) is 12.5 Å². The van der Waals surface area contributed by atoms with Gasteiger partial charge >= 0.3 is 0 Å². The SMILES string of the molecule is Cc1cc2c(cc1C(C)N)OCCCO2. The Morgan fingerprint density at radius 3 is 2.40 bits per heavy atom. The molecule has 1 unspecified atom stereocenters. The summed E-state index contributed by atoms with van der Waals surface area (Å²) < 4.78 is 11.2. The zero-order valence-corrected chi connectivity index (χ0v) is 9.25. The molecule has 3 heteroatoms. The predicted octanol–water partition coefficient (Wildman–Crippen LogP) is 2.18. The molecule has 0 fully saturated rings. The van der Waals surface area contributed by atoms with Gasteiger partial charge in [-0.3, -0.25) is 0 Å². The maximum atomic E-state index is 5.89. The Hall–Kier alpha value is -1.22. The molecular weight excluding hydrogens is 190 g/mol. The first-order valence-corrected chi connectivity index (χ1v) is 5.34. The first-order chi connectivity index (χ1) is 7.18. The summed E-state index contributed by atoms with van der Waals surface area (Å²) >= 11 is 0. The number of hydrogen-bond acceptors (Lipinski definition) is 3. The molecule has 82 valence electrons. The summed E-state index contributed by atoms with van der Waals surface area (Å²) in [6.07, 6.45) is 0.932. The minimum Gasteiger partial charge on any atom is -0.490 e. The third-order valence-electron chi connectivity index (χ3n) is 2.63.